The fourth-order valence-electron chi connectivity index (χ4n) is 3.99. The van der Waals surface area contributed by atoms with Crippen molar-refractivity contribution in [3.05, 3.63) is 0 Å². The number of likely N-dealkylation sites (tertiary alicyclic amines) is 1. The number of nitrogens with zero attached hydrogens (tertiary/aromatic N) is 1. The van der Waals surface area contributed by atoms with E-state index in [2.05, 4.69) is 17.3 Å². The van der Waals surface area contributed by atoms with Gasteiger partial charge in [0.05, 0.1) is 0 Å². The van der Waals surface area contributed by atoms with E-state index in [0.29, 0.717) is 17.9 Å². The van der Waals surface area contributed by atoms with Crippen LogP contribution in [0, 0.1) is 11.3 Å². The molecule has 0 aromatic heterocycles. The summed E-state index contributed by atoms with van der Waals surface area (Å²) in [6.45, 7) is 5.12. The first-order chi connectivity index (χ1) is 8.78. The van der Waals surface area contributed by atoms with Gasteiger partial charge < -0.3 is 15.3 Å². The summed E-state index contributed by atoms with van der Waals surface area (Å²) in [5.74, 6) is 0.522. The second kappa shape index (κ2) is 6.88. The highest BCUT2D eigenvalue weighted by Gasteiger charge is 2.34. The Labute approximate surface area is 112 Å². The minimum absolute atomic E-state index is 0.371. The minimum Gasteiger partial charge on any atom is -0.396 e. The van der Waals surface area contributed by atoms with Gasteiger partial charge >= 0.3 is 0 Å². The molecule has 3 nitrogen and oxygen atoms in total. The molecule has 0 bridgehead atoms. The van der Waals surface area contributed by atoms with Crippen molar-refractivity contribution in [3.63, 3.8) is 0 Å². The first kappa shape index (κ1) is 14.3. The Morgan fingerprint density at radius 1 is 1.22 bits per heavy atom. The maximum atomic E-state index is 9.34. The molecular formula is C15H30N2O. The third-order valence-electron chi connectivity index (χ3n) is 4.89. The molecule has 2 aliphatic rings. The van der Waals surface area contributed by atoms with Crippen molar-refractivity contribution < 1.29 is 5.11 Å². The smallest absolute Gasteiger partial charge is 0.0471 e. The van der Waals surface area contributed by atoms with E-state index in [1.54, 1.807) is 0 Å². The lowest BCUT2D eigenvalue weighted by atomic mass is 9.73. The molecule has 1 atom stereocenters. The van der Waals surface area contributed by atoms with Gasteiger partial charge in [-0.15, -0.1) is 0 Å². The van der Waals surface area contributed by atoms with Crippen molar-refractivity contribution >= 4 is 0 Å². The van der Waals surface area contributed by atoms with E-state index in [-0.39, 0.29) is 0 Å². The van der Waals surface area contributed by atoms with Crippen LogP contribution in [0.25, 0.3) is 0 Å². The highest BCUT2D eigenvalue weighted by Crippen LogP contribution is 2.37. The van der Waals surface area contributed by atoms with Crippen molar-refractivity contribution in [3.8, 4) is 0 Å². The zero-order valence-corrected chi connectivity index (χ0v) is 12.0. The normalized spacial score (nSPS) is 29.3. The van der Waals surface area contributed by atoms with Crippen molar-refractivity contribution in [2.45, 2.75) is 44.9 Å². The molecule has 2 rings (SSSR count). The number of hydrogen-bond acceptors (Lipinski definition) is 3. The Morgan fingerprint density at radius 3 is 2.67 bits per heavy atom. The number of aliphatic hydroxyl groups is 1. The molecule has 106 valence electrons. The van der Waals surface area contributed by atoms with E-state index in [0.717, 1.165) is 13.1 Å². The van der Waals surface area contributed by atoms with Gasteiger partial charge in [-0.05, 0) is 50.6 Å². The quantitative estimate of drug-likeness (QED) is 0.786. The predicted molar refractivity (Wildman–Crippen MR) is 75.7 cm³/mol. The maximum Gasteiger partial charge on any atom is 0.0471 e. The zero-order valence-electron chi connectivity index (χ0n) is 12.0. The van der Waals surface area contributed by atoms with Crippen LogP contribution >= 0.6 is 0 Å². The topological polar surface area (TPSA) is 35.5 Å². The summed E-state index contributed by atoms with van der Waals surface area (Å²) in [4.78, 5) is 2.62. The fraction of sp³-hybridized carbons (Fsp3) is 1.00. The van der Waals surface area contributed by atoms with Gasteiger partial charge in [-0.25, -0.2) is 0 Å². The lowest BCUT2D eigenvalue weighted by molar-refractivity contribution is 0.0585. The average Bonchev–Trinajstić information content (AvgIpc) is 2.40. The Bertz CT molecular complexity index is 233. The second-order valence-electron chi connectivity index (χ2n) is 6.52. The fourth-order valence-corrected chi connectivity index (χ4v) is 3.99. The number of hydrogen-bond donors (Lipinski definition) is 2. The van der Waals surface area contributed by atoms with Gasteiger partial charge in [0.1, 0.15) is 0 Å². The summed E-state index contributed by atoms with van der Waals surface area (Å²) in [5, 5.41) is 12.8. The summed E-state index contributed by atoms with van der Waals surface area (Å²) in [7, 11) is 2.09. The summed E-state index contributed by atoms with van der Waals surface area (Å²) >= 11 is 0. The number of piperidine rings is 1. The molecule has 0 spiro atoms. The molecule has 0 amide bonds. The molecule has 1 saturated heterocycles. The Hall–Kier alpha value is -0.120. The molecule has 1 aliphatic heterocycles. The van der Waals surface area contributed by atoms with Crippen LogP contribution in [0.4, 0.5) is 0 Å². The van der Waals surface area contributed by atoms with Crippen LogP contribution in [-0.2, 0) is 0 Å². The van der Waals surface area contributed by atoms with Crippen LogP contribution in [0.15, 0.2) is 0 Å². The SMILES string of the molecule is CNCC1(CN2CCCC(CO)C2)CCCCC1. The van der Waals surface area contributed by atoms with E-state index >= 15 is 0 Å². The largest absolute Gasteiger partial charge is 0.396 e. The van der Waals surface area contributed by atoms with Gasteiger partial charge in [0, 0.05) is 26.2 Å². The molecule has 1 heterocycles. The van der Waals surface area contributed by atoms with Gasteiger partial charge in [0.15, 0.2) is 0 Å². The Kier molecular flexibility index (Phi) is 5.46. The third kappa shape index (κ3) is 3.69. The summed E-state index contributed by atoms with van der Waals surface area (Å²) in [5.41, 5.74) is 0.504. The van der Waals surface area contributed by atoms with Crippen LogP contribution in [0.2, 0.25) is 0 Å². The predicted octanol–water partition coefficient (Wildman–Crippen LogP) is 1.86. The third-order valence-corrected chi connectivity index (χ3v) is 4.89. The molecule has 1 unspecified atom stereocenters. The highest BCUT2D eigenvalue weighted by atomic mass is 16.3. The molecule has 0 aromatic rings. The lowest BCUT2D eigenvalue weighted by Crippen LogP contribution is -2.48. The Balaban J connectivity index is 1.91. The maximum absolute atomic E-state index is 9.34. The molecule has 0 aromatic carbocycles. The van der Waals surface area contributed by atoms with Crippen molar-refractivity contribution in [1.82, 2.24) is 10.2 Å². The monoisotopic (exact) mass is 254 g/mol. The van der Waals surface area contributed by atoms with E-state index < -0.39 is 0 Å². The van der Waals surface area contributed by atoms with Crippen LogP contribution < -0.4 is 5.32 Å². The Morgan fingerprint density at radius 2 is 2.00 bits per heavy atom. The van der Waals surface area contributed by atoms with Gasteiger partial charge in [-0.2, -0.15) is 0 Å². The average molecular weight is 254 g/mol. The number of nitrogens with one attached hydrogen (secondary N) is 1. The summed E-state index contributed by atoms with van der Waals surface area (Å²) < 4.78 is 0. The standard InChI is InChI=1S/C15H30N2O/c1-16-12-15(7-3-2-4-8-15)13-17-9-5-6-14(10-17)11-18/h14,16,18H,2-13H2,1H3. The molecule has 2 fully saturated rings. The van der Waals surface area contributed by atoms with Crippen LogP contribution in [-0.4, -0.2) is 49.8 Å². The van der Waals surface area contributed by atoms with Crippen LogP contribution in [0.5, 0.6) is 0 Å². The van der Waals surface area contributed by atoms with Crippen molar-refractivity contribution in [2.24, 2.45) is 11.3 Å². The number of rotatable bonds is 5. The molecule has 0 radical (unpaired) electrons. The first-order valence-electron chi connectivity index (χ1n) is 7.76. The molecule has 18 heavy (non-hydrogen) atoms. The molecule has 1 saturated carbocycles. The lowest BCUT2D eigenvalue weighted by Gasteiger charge is -2.43. The van der Waals surface area contributed by atoms with Crippen LogP contribution in [0.3, 0.4) is 0 Å². The molecule has 2 N–H and O–H groups in total. The van der Waals surface area contributed by atoms with Gasteiger partial charge in [0.2, 0.25) is 0 Å². The first-order valence-corrected chi connectivity index (χ1v) is 7.76. The van der Waals surface area contributed by atoms with Crippen molar-refractivity contribution in [2.75, 3.05) is 39.8 Å². The summed E-state index contributed by atoms with van der Waals surface area (Å²) in [6.07, 6.45) is 9.47. The molecular weight excluding hydrogens is 224 g/mol. The van der Waals surface area contributed by atoms with Crippen LogP contribution in [0.1, 0.15) is 44.9 Å². The van der Waals surface area contributed by atoms with Crippen molar-refractivity contribution in [1.29, 1.82) is 0 Å². The number of aliphatic hydroxyl groups excluding tert-OH is 1. The van der Waals surface area contributed by atoms with E-state index in [1.165, 1.54) is 58.0 Å². The minimum atomic E-state index is 0.371. The van der Waals surface area contributed by atoms with E-state index in [1.807, 2.05) is 0 Å². The van der Waals surface area contributed by atoms with Gasteiger partial charge in [-0.1, -0.05) is 19.3 Å². The van der Waals surface area contributed by atoms with E-state index in [4.69, 9.17) is 0 Å². The summed E-state index contributed by atoms with van der Waals surface area (Å²) in [6, 6.07) is 0. The van der Waals surface area contributed by atoms with E-state index in [9.17, 15) is 5.11 Å². The second-order valence-corrected chi connectivity index (χ2v) is 6.52. The highest BCUT2D eigenvalue weighted by molar-refractivity contribution is 4.89. The van der Waals surface area contributed by atoms with Gasteiger partial charge in [-0.3, -0.25) is 0 Å². The molecule has 1 aliphatic carbocycles. The zero-order chi connectivity index (χ0) is 12.8. The van der Waals surface area contributed by atoms with Gasteiger partial charge in [0.25, 0.3) is 0 Å². The molecule has 3 heteroatoms.